The normalized spacial score (nSPS) is 51.6. The molecule has 2 heterocycles. The van der Waals surface area contributed by atoms with Gasteiger partial charge >= 0.3 is 0 Å². The van der Waals surface area contributed by atoms with Crippen LogP contribution in [0.3, 0.4) is 0 Å². The Labute approximate surface area is 180 Å². The molecule has 2 saturated heterocycles. The Morgan fingerprint density at radius 1 is 0.774 bits per heavy atom. The molecule has 2 aliphatic heterocycles. The van der Waals surface area contributed by atoms with E-state index in [1.807, 2.05) is 0 Å². The van der Waals surface area contributed by atoms with Gasteiger partial charge in [0.25, 0.3) is 0 Å². The molecule has 3 aliphatic rings. The summed E-state index contributed by atoms with van der Waals surface area (Å²) in [7, 11) is 0. The first kappa shape index (κ1) is 25.1. The summed E-state index contributed by atoms with van der Waals surface area (Å²) in [6.07, 6.45) is -5.49. The lowest BCUT2D eigenvalue weighted by molar-refractivity contribution is -0.533. The minimum absolute atomic E-state index is 0.0127. The second-order valence-electron chi connectivity index (χ2n) is 9.07. The van der Waals surface area contributed by atoms with E-state index >= 15 is 0 Å². The Hall–Kier alpha value is -0.520. The Balaban J connectivity index is 1.69. The molecule has 13 atom stereocenters. The van der Waals surface area contributed by atoms with Crippen molar-refractivity contribution in [2.45, 2.75) is 98.7 Å². The zero-order valence-electron chi connectivity index (χ0n) is 18.0. The van der Waals surface area contributed by atoms with Gasteiger partial charge in [0.15, 0.2) is 12.4 Å². The SMILES string of the molecule is [NH3+]C[C@@H]1CC[C@@H]([NH3+])[C@@H](O[C@H]2[C@H](O)[C@@H](O[C@H]3O[C@H](CO)[C@@H](O)[C@H]([NH3+])[C@H]3O)[C@H]([NH3+])C[C@@H]2[NH3+])O1. The summed E-state index contributed by atoms with van der Waals surface area (Å²) in [6.45, 7) is 0.173. The largest absolute Gasteiger partial charge is 0.394 e. The van der Waals surface area contributed by atoms with Crippen LogP contribution < -0.4 is 28.7 Å². The molecule has 3 fully saturated rings. The van der Waals surface area contributed by atoms with E-state index < -0.39 is 61.9 Å². The molecule has 1 saturated carbocycles. The summed E-state index contributed by atoms with van der Waals surface area (Å²) in [5, 5.41) is 41.1. The van der Waals surface area contributed by atoms with Crippen LogP contribution in [0, 0.1) is 0 Å². The van der Waals surface area contributed by atoms with Crippen LogP contribution in [0.25, 0.3) is 0 Å². The first-order chi connectivity index (χ1) is 14.7. The maximum atomic E-state index is 11.1. The van der Waals surface area contributed by atoms with E-state index in [4.69, 9.17) is 18.9 Å². The summed E-state index contributed by atoms with van der Waals surface area (Å²) in [6, 6.07) is -1.50. The number of ether oxygens (including phenoxy) is 4. The minimum atomic E-state index is -1.24. The smallest absolute Gasteiger partial charge is 0.211 e. The fourth-order valence-electron chi connectivity index (χ4n) is 4.63. The van der Waals surface area contributed by atoms with E-state index in [9.17, 15) is 20.4 Å². The van der Waals surface area contributed by atoms with Gasteiger partial charge < -0.3 is 68.0 Å². The molecule has 182 valence electrons. The third-order valence-electron chi connectivity index (χ3n) is 6.71. The van der Waals surface area contributed by atoms with Crippen molar-refractivity contribution < 1.29 is 68.0 Å². The van der Waals surface area contributed by atoms with Crippen molar-refractivity contribution in [2.24, 2.45) is 0 Å². The number of aliphatic hydroxyl groups excluding tert-OH is 4. The van der Waals surface area contributed by atoms with Gasteiger partial charge in [0.1, 0.15) is 67.3 Å². The molecule has 0 unspecified atom stereocenters. The van der Waals surface area contributed by atoms with Crippen molar-refractivity contribution in [3.05, 3.63) is 0 Å². The molecule has 1 aliphatic carbocycles. The number of rotatable bonds is 6. The molecule has 13 heteroatoms. The maximum Gasteiger partial charge on any atom is 0.211 e. The predicted octanol–water partition coefficient (Wildman–Crippen LogP) is -8.85. The number of hydrogen-bond acceptors (Lipinski definition) is 8. The Morgan fingerprint density at radius 2 is 1.39 bits per heavy atom. The molecule has 0 radical (unpaired) electrons. The van der Waals surface area contributed by atoms with Gasteiger partial charge in [0.2, 0.25) is 6.29 Å². The zero-order chi connectivity index (χ0) is 22.9. The molecule has 0 aromatic carbocycles. The van der Waals surface area contributed by atoms with Crippen molar-refractivity contribution in [3.63, 3.8) is 0 Å². The van der Waals surface area contributed by atoms with Gasteiger partial charge in [-0.15, -0.1) is 0 Å². The summed E-state index contributed by atoms with van der Waals surface area (Å²) in [5.74, 6) is 0. The van der Waals surface area contributed by atoms with Crippen LogP contribution in [0.5, 0.6) is 0 Å². The highest BCUT2D eigenvalue weighted by molar-refractivity contribution is 4.96. The van der Waals surface area contributed by atoms with Crippen LogP contribution in [0.15, 0.2) is 0 Å². The van der Waals surface area contributed by atoms with Crippen molar-refractivity contribution in [3.8, 4) is 0 Å². The topological polar surface area (TPSA) is 256 Å². The molecule has 0 spiro atoms. The molecule has 0 amide bonds. The molecule has 31 heavy (non-hydrogen) atoms. The summed E-state index contributed by atoms with van der Waals surface area (Å²) < 4.78 is 23.6. The number of aliphatic hydroxyl groups is 4. The van der Waals surface area contributed by atoms with E-state index in [-0.39, 0.29) is 24.2 Å². The zero-order valence-corrected chi connectivity index (χ0v) is 18.0. The van der Waals surface area contributed by atoms with E-state index in [1.54, 1.807) is 0 Å². The average molecular weight is 457 g/mol. The molecular formula is C18H42N5O8+5. The monoisotopic (exact) mass is 456 g/mol. The molecule has 19 N–H and O–H groups in total. The lowest BCUT2D eigenvalue weighted by Gasteiger charge is -2.44. The van der Waals surface area contributed by atoms with Crippen LogP contribution in [0.1, 0.15) is 19.3 Å². The molecule has 0 bridgehead atoms. The van der Waals surface area contributed by atoms with Gasteiger partial charge in [-0.1, -0.05) is 0 Å². The van der Waals surface area contributed by atoms with Crippen molar-refractivity contribution in [1.82, 2.24) is 0 Å². The second kappa shape index (κ2) is 10.6. The third-order valence-corrected chi connectivity index (χ3v) is 6.71. The lowest BCUT2D eigenvalue weighted by Crippen LogP contribution is -2.83. The summed E-state index contributed by atoms with van der Waals surface area (Å²) in [5.41, 5.74) is 20.0. The fourth-order valence-corrected chi connectivity index (χ4v) is 4.63. The van der Waals surface area contributed by atoms with E-state index in [0.29, 0.717) is 13.0 Å². The van der Waals surface area contributed by atoms with Crippen molar-refractivity contribution in [1.29, 1.82) is 0 Å². The predicted molar refractivity (Wildman–Crippen MR) is 100 cm³/mol. The third kappa shape index (κ3) is 5.35. The molecule has 0 aromatic heterocycles. The quantitative estimate of drug-likeness (QED) is 0.185. The Kier molecular flexibility index (Phi) is 8.59. The lowest BCUT2D eigenvalue weighted by atomic mass is 9.84. The van der Waals surface area contributed by atoms with Gasteiger partial charge in [0, 0.05) is 6.42 Å². The van der Waals surface area contributed by atoms with Crippen LogP contribution in [-0.2, 0) is 18.9 Å². The molecule has 13 nitrogen and oxygen atoms in total. The van der Waals surface area contributed by atoms with Gasteiger partial charge in [0.05, 0.1) is 13.0 Å². The highest BCUT2D eigenvalue weighted by Crippen LogP contribution is 2.29. The van der Waals surface area contributed by atoms with Gasteiger partial charge in [-0.3, -0.25) is 0 Å². The van der Waals surface area contributed by atoms with Crippen LogP contribution in [-0.4, -0.2) is 113 Å². The first-order valence-electron chi connectivity index (χ1n) is 11.1. The second-order valence-corrected chi connectivity index (χ2v) is 9.07. The molecule has 3 rings (SSSR count). The Morgan fingerprint density at radius 3 is 1.97 bits per heavy atom. The van der Waals surface area contributed by atoms with Crippen LogP contribution in [0.2, 0.25) is 0 Å². The number of quaternary nitrogens is 5. The van der Waals surface area contributed by atoms with Gasteiger partial charge in [-0.2, -0.15) is 0 Å². The van der Waals surface area contributed by atoms with Crippen molar-refractivity contribution in [2.75, 3.05) is 13.2 Å². The first-order valence-corrected chi connectivity index (χ1v) is 11.1. The van der Waals surface area contributed by atoms with Gasteiger partial charge in [-0.05, 0) is 6.42 Å². The molecular weight excluding hydrogens is 414 g/mol. The fraction of sp³-hybridized carbons (Fsp3) is 1.00. The summed E-state index contributed by atoms with van der Waals surface area (Å²) >= 11 is 0. The van der Waals surface area contributed by atoms with E-state index in [1.165, 1.54) is 0 Å². The maximum absolute atomic E-state index is 11.1. The average Bonchev–Trinajstić information content (AvgIpc) is 2.75. The van der Waals surface area contributed by atoms with E-state index in [0.717, 1.165) is 12.8 Å². The van der Waals surface area contributed by atoms with Gasteiger partial charge in [-0.25, -0.2) is 0 Å². The highest BCUT2D eigenvalue weighted by atomic mass is 16.7. The van der Waals surface area contributed by atoms with Crippen molar-refractivity contribution >= 4 is 0 Å². The van der Waals surface area contributed by atoms with Crippen LogP contribution in [0.4, 0.5) is 0 Å². The standard InChI is InChI=1S/C18H37N5O8/c19-4-6-1-2-7(20)17(28-6)30-15-8(21)3-9(22)16(14(15)27)31-18-13(26)11(23)12(25)10(5-24)29-18/h6-18,24-27H,1-5,19-23H2/p+5/t6-,7+,8-,9+,10+,11-,12+,13+,14-,15+,16-,17+,18+/m0/s1. The minimum Gasteiger partial charge on any atom is -0.394 e. The Bertz CT molecular complexity index is 577. The number of hydrogen-bond donors (Lipinski definition) is 9. The summed E-state index contributed by atoms with van der Waals surface area (Å²) in [4.78, 5) is 0. The molecule has 0 aromatic rings. The highest BCUT2D eigenvalue weighted by Gasteiger charge is 2.53. The van der Waals surface area contributed by atoms with Crippen LogP contribution >= 0.6 is 0 Å². The van der Waals surface area contributed by atoms with E-state index in [2.05, 4.69) is 28.7 Å².